The molecule has 1 aromatic carbocycles. The molecule has 0 nitrogen and oxygen atoms in total. The highest BCUT2D eigenvalue weighted by molar-refractivity contribution is 5.82. The molecule has 0 bridgehead atoms. The van der Waals surface area contributed by atoms with Crippen LogP contribution in [0.4, 0.5) is 0 Å². The van der Waals surface area contributed by atoms with Gasteiger partial charge in [-0.1, -0.05) is 84.2 Å². The molecule has 0 heteroatoms. The van der Waals surface area contributed by atoms with Crippen LogP contribution in [0.5, 0.6) is 0 Å². The van der Waals surface area contributed by atoms with Crippen LogP contribution in [0.25, 0.3) is 5.57 Å². The number of benzene rings is 1. The average molecular weight is 389 g/mol. The van der Waals surface area contributed by atoms with Gasteiger partial charge in [-0.25, -0.2) is 0 Å². The van der Waals surface area contributed by atoms with E-state index in [1.807, 2.05) is 0 Å². The van der Waals surface area contributed by atoms with Crippen molar-refractivity contribution < 1.29 is 0 Å². The van der Waals surface area contributed by atoms with Gasteiger partial charge in [-0.3, -0.25) is 0 Å². The minimum absolute atomic E-state index is 0.240. The SMILES string of the molecule is CC1(C)CCC2=C(CC3=C(Cc4cc5c(cc43)C(C)(C)CCC5(C)C)C2(C)C)C1. The Morgan fingerprint density at radius 2 is 1.31 bits per heavy atom. The number of rotatable bonds is 0. The molecule has 0 saturated heterocycles. The van der Waals surface area contributed by atoms with Gasteiger partial charge in [0.1, 0.15) is 0 Å². The molecule has 0 spiro atoms. The second kappa shape index (κ2) is 5.68. The summed E-state index contributed by atoms with van der Waals surface area (Å²) < 4.78 is 0. The van der Waals surface area contributed by atoms with Gasteiger partial charge in [0.25, 0.3) is 0 Å². The second-order valence-corrected chi connectivity index (χ2v) is 13.2. The standard InChI is InChI=1S/C29H40/c1-26(2)10-9-22-19(17-26)13-21-20-16-25-24(27(3,4)11-12-28(25,5)6)15-18(20)14-23(21)29(22,7)8/h15-16H,9-14,17H2,1-8H3. The highest BCUT2D eigenvalue weighted by Gasteiger charge is 2.44. The lowest BCUT2D eigenvalue weighted by molar-refractivity contribution is 0.289. The van der Waals surface area contributed by atoms with E-state index in [1.54, 1.807) is 44.5 Å². The van der Waals surface area contributed by atoms with Crippen LogP contribution in [0.15, 0.2) is 28.9 Å². The summed E-state index contributed by atoms with van der Waals surface area (Å²) in [7, 11) is 0. The Bertz CT molecular complexity index is 972. The van der Waals surface area contributed by atoms with Gasteiger partial charge in [-0.15, -0.1) is 0 Å². The molecule has 0 heterocycles. The van der Waals surface area contributed by atoms with Crippen molar-refractivity contribution in [2.24, 2.45) is 10.8 Å². The molecule has 0 N–H and O–H groups in total. The van der Waals surface area contributed by atoms with E-state index in [0.29, 0.717) is 16.2 Å². The number of allylic oxidation sites excluding steroid dienone is 4. The number of hydrogen-bond donors (Lipinski definition) is 0. The molecule has 0 amide bonds. The number of hydrogen-bond acceptors (Lipinski definition) is 0. The van der Waals surface area contributed by atoms with Gasteiger partial charge < -0.3 is 0 Å². The molecule has 0 aromatic heterocycles. The lowest BCUT2D eigenvalue weighted by Crippen LogP contribution is -2.34. The van der Waals surface area contributed by atoms with Crippen molar-refractivity contribution in [1.82, 2.24) is 0 Å². The van der Waals surface area contributed by atoms with E-state index in [9.17, 15) is 0 Å². The van der Waals surface area contributed by atoms with Gasteiger partial charge >= 0.3 is 0 Å². The van der Waals surface area contributed by atoms with Crippen LogP contribution in [0.2, 0.25) is 0 Å². The smallest absolute Gasteiger partial charge is 0.00763 e. The summed E-state index contributed by atoms with van der Waals surface area (Å²) >= 11 is 0. The first kappa shape index (κ1) is 19.7. The van der Waals surface area contributed by atoms with Crippen LogP contribution in [-0.4, -0.2) is 0 Å². The Balaban J connectivity index is 1.64. The van der Waals surface area contributed by atoms with E-state index in [2.05, 4.69) is 67.5 Å². The van der Waals surface area contributed by atoms with E-state index >= 15 is 0 Å². The first-order valence-corrected chi connectivity index (χ1v) is 11.9. The molecule has 4 aliphatic rings. The zero-order valence-electron chi connectivity index (χ0n) is 20.1. The summed E-state index contributed by atoms with van der Waals surface area (Å²) in [5.41, 5.74) is 14.8. The van der Waals surface area contributed by atoms with Crippen molar-refractivity contribution in [3.8, 4) is 0 Å². The Morgan fingerprint density at radius 3 is 1.97 bits per heavy atom. The summed E-state index contributed by atoms with van der Waals surface area (Å²) in [5.74, 6) is 0. The van der Waals surface area contributed by atoms with Crippen molar-refractivity contribution in [2.75, 3.05) is 0 Å². The van der Waals surface area contributed by atoms with Gasteiger partial charge in [0.2, 0.25) is 0 Å². The third-order valence-electron chi connectivity index (χ3n) is 9.20. The Morgan fingerprint density at radius 1 is 0.690 bits per heavy atom. The molecule has 1 aromatic rings. The maximum atomic E-state index is 2.64. The normalized spacial score (nSPS) is 27.9. The molecule has 0 fully saturated rings. The van der Waals surface area contributed by atoms with E-state index in [0.717, 1.165) is 0 Å². The van der Waals surface area contributed by atoms with Crippen molar-refractivity contribution in [3.63, 3.8) is 0 Å². The van der Waals surface area contributed by atoms with Crippen LogP contribution < -0.4 is 0 Å². The van der Waals surface area contributed by atoms with Crippen LogP contribution in [-0.2, 0) is 17.3 Å². The molecule has 29 heavy (non-hydrogen) atoms. The van der Waals surface area contributed by atoms with Crippen molar-refractivity contribution in [1.29, 1.82) is 0 Å². The molecule has 156 valence electrons. The lowest BCUT2D eigenvalue weighted by atomic mass is 9.61. The van der Waals surface area contributed by atoms with Gasteiger partial charge in [0, 0.05) is 5.41 Å². The summed E-state index contributed by atoms with van der Waals surface area (Å²) in [6.07, 6.45) is 8.94. The first-order chi connectivity index (χ1) is 13.3. The fourth-order valence-corrected chi connectivity index (χ4v) is 7.08. The molecule has 0 unspecified atom stereocenters. The van der Waals surface area contributed by atoms with Gasteiger partial charge in [0.15, 0.2) is 0 Å². The third kappa shape index (κ3) is 2.77. The zero-order valence-corrected chi connectivity index (χ0v) is 20.1. The molecule has 0 radical (unpaired) electrons. The minimum Gasteiger partial charge on any atom is -0.0652 e. The number of fused-ring (bicyclic) bond motifs is 3. The van der Waals surface area contributed by atoms with Crippen LogP contribution in [0, 0.1) is 10.8 Å². The molecule has 5 rings (SSSR count). The molecule has 0 aliphatic heterocycles. The fraction of sp³-hybridized carbons (Fsp3) is 0.655. The summed E-state index contributed by atoms with van der Waals surface area (Å²) in [5, 5.41) is 0. The monoisotopic (exact) mass is 388 g/mol. The predicted molar refractivity (Wildman–Crippen MR) is 125 cm³/mol. The highest BCUT2D eigenvalue weighted by Crippen LogP contribution is 2.59. The lowest BCUT2D eigenvalue weighted by Gasteiger charge is -2.44. The summed E-state index contributed by atoms with van der Waals surface area (Å²) in [6, 6.07) is 5.27. The van der Waals surface area contributed by atoms with Crippen LogP contribution in [0.3, 0.4) is 0 Å². The summed E-state index contributed by atoms with van der Waals surface area (Å²) in [4.78, 5) is 0. The first-order valence-electron chi connectivity index (χ1n) is 11.9. The van der Waals surface area contributed by atoms with E-state index < -0.39 is 0 Å². The van der Waals surface area contributed by atoms with E-state index in [-0.39, 0.29) is 5.41 Å². The average Bonchev–Trinajstić information content (AvgIpc) is 2.96. The summed E-state index contributed by atoms with van der Waals surface area (Å²) in [6.45, 7) is 19.8. The largest absolute Gasteiger partial charge is 0.0652 e. The van der Waals surface area contributed by atoms with Gasteiger partial charge in [0.05, 0.1) is 0 Å². The zero-order chi connectivity index (χ0) is 21.0. The molecular weight excluding hydrogens is 348 g/mol. The van der Waals surface area contributed by atoms with Crippen molar-refractivity contribution >= 4 is 5.57 Å². The topological polar surface area (TPSA) is 0 Å². The minimum atomic E-state index is 0.240. The Hall–Kier alpha value is -1.30. The van der Waals surface area contributed by atoms with E-state index in [1.165, 1.54) is 44.9 Å². The second-order valence-electron chi connectivity index (χ2n) is 13.2. The van der Waals surface area contributed by atoms with Crippen molar-refractivity contribution in [2.45, 2.75) is 111 Å². The van der Waals surface area contributed by atoms with E-state index in [4.69, 9.17) is 0 Å². The van der Waals surface area contributed by atoms with Gasteiger partial charge in [-0.05, 0) is 89.0 Å². The molecule has 0 saturated carbocycles. The third-order valence-corrected chi connectivity index (χ3v) is 9.20. The maximum Gasteiger partial charge on any atom is 0.00763 e. The van der Waals surface area contributed by atoms with Crippen LogP contribution in [0.1, 0.15) is 116 Å². The molecule has 4 aliphatic carbocycles. The fourth-order valence-electron chi connectivity index (χ4n) is 7.08. The molecule has 0 atom stereocenters. The maximum absolute atomic E-state index is 2.64. The van der Waals surface area contributed by atoms with Crippen molar-refractivity contribution in [3.05, 3.63) is 51.1 Å². The van der Waals surface area contributed by atoms with Crippen LogP contribution >= 0.6 is 0 Å². The predicted octanol–water partition coefficient (Wildman–Crippen LogP) is 8.28. The van der Waals surface area contributed by atoms with Gasteiger partial charge in [-0.2, -0.15) is 0 Å². The molecular formula is C29H40. The Kier molecular flexibility index (Phi) is 3.85. The quantitative estimate of drug-likeness (QED) is 0.392. The Labute approximate surface area is 178 Å². The highest BCUT2D eigenvalue weighted by atomic mass is 14.5.